The first-order valence-corrected chi connectivity index (χ1v) is 12.5. The van der Waals surface area contributed by atoms with E-state index in [2.05, 4.69) is 10.6 Å². The van der Waals surface area contributed by atoms with Crippen molar-refractivity contribution < 1.29 is 19.5 Å². The van der Waals surface area contributed by atoms with Crippen LogP contribution in [-0.2, 0) is 27.2 Å². The number of carbonyl (C=O) groups is 3. The van der Waals surface area contributed by atoms with Crippen molar-refractivity contribution in [3.63, 3.8) is 0 Å². The summed E-state index contributed by atoms with van der Waals surface area (Å²) in [5.41, 5.74) is 8.04. The summed E-state index contributed by atoms with van der Waals surface area (Å²) in [6, 6.07) is 19.9. The number of fused-ring (bicyclic) bond motifs is 1. The maximum atomic E-state index is 13.4. The van der Waals surface area contributed by atoms with Gasteiger partial charge in [-0.1, -0.05) is 61.0 Å². The lowest BCUT2D eigenvalue weighted by Gasteiger charge is -2.29. The van der Waals surface area contributed by atoms with E-state index in [0.29, 0.717) is 30.1 Å². The molecule has 0 heterocycles. The summed E-state index contributed by atoms with van der Waals surface area (Å²) in [5.74, 6) is -1.14. The van der Waals surface area contributed by atoms with Crippen LogP contribution in [0, 0.1) is 11.8 Å². The molecule has 1 aliphatic carbocycles. The third-order valence-electron chi connectivity index (χ3n) is 7.00. The zero-order valence-corrected chi connectivity index (χ0v) is 20.3. The first-order chi connectivity index (χ1) is 17.4. The molecule has 3 aromatic rings. The molecule has 3 aromatic carbocycles. The average Bonchev–Trinajstić information content (AvgIpc) is 2.89. The molecule has 0 aromatic heterocycles. The molecule has 5 N–H and O–H groups in total. The predicted molar refractivity (Wildman–Crippen MR) is 140 cm³/mol. The number of anilines is 1. The van der Waals surface area contributed by atoms with E-state index in [0.717, 1.165) is 42.0 Å². The van der Waals surface area contributed by atoms with Gasteiger partial charge >= 0.3 is 5.97 Å². The number of carbonyl (C=O) groups excluding carboxylic acids is 2. The molecule has 1 aliphatic rings. The second kappa shape index (κ2) is 11.8. The van der Waals surface area contributed by atoms with Crippen molar-refractivity contribution in [2.24, 2.45) is 17.6 Å². The maximum absolute atomic E-state index is 13.4. The largest absolute Gasteiger partial charge is 0.481 e. The molecular formula is C29H33N3O4. The summed E-state index contributed by atoms with van der Waals surface area (Å²) in [6.45, 7) is 0.571. The van der Waals surface area contributed by atoms with Crippen molar-refractivity contribution in [3.05, 3.63) is 77.9 Å². The van der Waals surface area contributed by atoms with E-state index in [4.69, 9.17) is 10.8 Å². The molecule has 0 radical (unpaired) electrons. The number of nitrogens with one attached hydrogen (secondary N) is 2. The van der Waals surface area contributed by atoms with Crippen molar-refractivity contribution in [1.82, 2.24) is 5.32 Å². The first kappa shape index (κ1) is 25.4. The topological polar surface area (TPSA) is 122 Å². The minimum atomic E-state index is -0.913. The number of hydrogen-bond donors (Lipinski definition) is 4. The predicted octanol–water partition coefficient (Wildman–Crippen LogP) is 3.90. The van der Waals surface area contributed by atoms with Crippen LogP contribution in [0.2, 0.25) is 0 Å². The van der Waals surface area contributed by atoms with Gasteiger partial charge in [0.25, 0.3) is 0 Å². The Bertz CT molecular complexity index is 1220. The lowest BCUT2D eigenvalue weighted by Crippen LogP contribution is -2.48. The van der Waals surface area contributed by atoms with Crippen molar-refractivity contribution >= 4 is 34.2 Å². The summed E-state index contributed by atoms with van der Waals surface area (Å²) in [5, 5.41) is 17.0. The molecule has 0 aliphatic heterocycles. The third-order valence-corrected chi connectivity index (χ3v) is 7.00. The number of hydrogen-bond acceptors (Lipinski definition) is 4. The minimum Gasteiger partial charge on any atom is -0.481 e. The van der Waals surface area contributed by atoms with Crippen LogP contribution in [0.5, 0.6) is 0 Å². The van der Waals surface area contributed by atoms with Crippen LogP contribution in [0.25, 0.3) is 10.8 Å². The van der Waals surface area contributed by atoms with Crippen LogP contribution < -0.4 is 16.4 Å². The fraction of sp³-hybridized carbons (Fsp3) is 0.345. The standard InChI is InChI=1S/C29H33N3O4/c30-18-20-5-3-9-23(15-20)28(35)32-26(17-22-8-4-7-21-6-1-2-10-25(21)22)29(36)31-24-13-11-19(12-14-24)16-27(33)34/h1-2,4,6-8,10-14,20,23,26H,3,5,9,15-18,30H2,(H,31,36)(H,32,35)(H,33,34)/t20-,23-,26-/m0/s1. The monoisotopic (exact) mass is 487 g/mol. The second-order valence-corrected chi connectivity index (χ2v) is 9.63. The van der Waals surface area contributed by atoms with Gasteiger partial charge in [-0.05, 0) is 65.8 Å². The Hall–Kier alpha value is -3.71. The minimum absolute atomic E-state index is 0.0842. The van der Waals surface area contributed by atoms with E-state index in [9.17, 15) is 14.4 Å². The molecule has 3 atom stereocenters. The lowest BCUT2D eigenvalue weighted by atomic mass is 9.81. The Morgan fingerprint density at radius 2 is 1.72 bits per heavy atom. The second-order valence-electron chi connectivity index (χ2n) is 9.63. The fourth-order valence-corrected chi connectivity index (χ4v) is 5.04. The Morgan fingerprint density at radius 1 is 0.972 bits per heavy atom. The molecule has 0 saturated heterocycles. The van der Waals surface area contributed by atoms with Gasteiger partial charge in [0.2, 0.25) is 11.8 Å². The summed E-state index contributed by atoms with van der Waals surface area (Å²) in [4.78, 5) is 37.6. The van der Waals surface area contributed by atoms with Crippen molar-refractivity contribution in [3.8, 4) is 0 Å². The van der Waals surface area contributed by atoms with Crippen LogP contribution in [0.1, 0.15) is 36.8 Å². The summed E-state index contributed by atoms with van der Waals surface area (Å²) < 4.78 is 0. The Labute approximate surface area is 211 Å². The van der Waals surface area contributed by atoms with E-state index in [1.807, 2.05) is 42.5 Å². The van der Waals surface area contributed by atoms with E-state index < -0.39 is 12.0 Å². The Morgan fingerprint density at radius 3 is 2.47 bits per heavy atom. The van der Waals surface area contributed by atoms with Crippen LogP contribution in [0.3, 0.4) is 0 Å². The number of aliphatic carboxylic acids is 1. The molecular weight excluding hydrogens is 454 g/mol. The van der Waals surface area contributed by atoms with Crippen molar-refractivity contribution in [2.75, 3.05) is 11.9 Å². The first-order valence-electron chi connectivity index (χ1n) is 12.5. The van der Waals surface area contributed by atoms with E-state index in [-0.39, 0.29) is 24.2 Å². The molecule has 7 nitrogen and oxygen atoms in total. The molecule has 0 bridgehead atoms. The smallest absolute Gasteiger partial charge is 0.307 e. The number of amides is 2. The molecule has 188 valence electrons. The highest BCUT2D eigenvalue weighted by Crippen LogP contribution is 2.29. The van der Waals surface area contributed by atoms with Gasteiger partial charge in [-0.15, -0.1) is 0 Å². The van der Waals surface area contributed by atoms with Gasteiger partial charge in [0.1, 0.15) is 6.04 Å². The highest BCUT2D eigenvalue weighted by molar-refractivity contribution is 5.98. The van der Waals surface area contributed by atoms with Crippen LogP contribution >= 0.6 is 0 Å². The van der Waals surface area contributed by atoms with Gasteiger partial charge in [-0.3, -0.25) is 14.4 Å². The van der Waals surface area contributed by atoms with Crippen molar-refractivity contribution in [1.29, 1.82) is 0 Å². The van der Waals surface area contributed by atoms with E-state index in [1.54, 1.807) is 24.3 Å². The molecule has 36 heavy (non-hydrogen) atoms. The van der Waals surface area contributed by atoms with Crippen LogP contribution in [-0.4, -0.2) is 35.5 Å². The van der Waals surface area contributed by atoms with Gasteiger partial charge in [-0.25, -0.2) is 0 Å². The van der Waals surface area contributed by atoms with Crippen LogP contribution in [0.4, 0.5) is 5.69 Å². The van der Waals surface area contributed by atoms with E-state index >= 15 is 0 Å². The zero-order chi connectivity index (χ0) is 25.5. The summed E-state index contributed by atoms with van der Waals surface area (Å²) in [6.07, 6.45) is 3.81. The molecule has 1 saturated carbocycles. The highest BCUT2D eigenvalue weighted by atomic mass is 16.4. The third kappa shape index (κ3) is 6.49. The van der Waals surface area contributed by atoms with Crippen LogP contribution in [0.15, 0.2) is 66.7 Å². The molecule has 2 amide bonds. The highest BCUT2D eigenvalue weighted by Gasteiger charge is 2.30. The fourth-order valence-electron chi connectivity index (χ4n) is 5.04. The maximum Gasteiger partial charge on any atom is 0.307 e. The molecule has 0 unspecified atom stereocenters. The quantitative estimate of drug-likeness (QED) is 0.365. The van der Waals surface area contributed by atoms with Gasteiger partial charge in [0.05, 0.1) is 6.42 Å². The van der Waals surface area contributed by atoms with Gasteiger partial charge in [0.15, 0.2) is 0 Å². The molecule has 4 rings (SSSR count). The van der Waals surface area contributed by atoms with Crippen molar-refractivity contribution in [2.45, 2.75) is 44.6 Å². The molecule has 1 fully saturated rings. The van der Waals surface area contributed by atoms with Gasteiger partial charge in [0, 0.05) is 18.0 Å². The summed E-state index contributed by atoms with van der Waals surface area (Å²) >= 11 is 0. The number of nitrogens with two attached hydrogens (primary N) is 1. The number of carboxylic acid groups (broad SMARTS) is 1. The normalized spacial score (nSPS) is 18.4. The lowest BCUT2D eigenvalue weighted by molar-refractivity contribution is -0.136. The zero-order valence-electron chi connectivity index (χ0n) is 20.3. The Kier molecular flexibility index (Phi) is 8.33. The van der Waals surface area contributed by atoms with Gasteiger partial charge < -0.3 is 21.5 Å². The number of rotatable bonds is 9. The summed E-state index contributed by atoms with van der Waals surface area (Å²) in [7, 11) is 0. The number of carboxylic acids is 1. The molecule has 0 spiro atoms. The molecule has 7 heteroatoms. The Balaban J connectivity index is 1.54. The number of benzene rings is 3. The van der Waals surface area contributed by atoms with Gasteiger partial charge in [-0.2, -0.15) is 0 Å². The average molecular weight is 488 g/mol. The van der Waals surface area contributed by atoms with E-state index in [1.165, 1.54) is 0 Å². The SMILES string of the molecule is NC[C@H]1CCC[C@H](C(=O)N[C@@H](Cc2cccc3ccccc23)C(=O)Nc2ccc(CC(=O)O)cc2)C1.